The van der Waals surface area contributed by atoms with E-state index in [1.165, 1.54) is 0 Å². The predicted octanol–water partition coefficient (Wildman–Crippen LogP) is 2.03. The van der Waals surface area contributed by atoms with Crippen LogP contribution in [0, 0.1) is 5.92 Å². The number of carbonyl (C=O) groups excluding carboxylic acids is 1. The molecule has 1 aliphatic rings. The van der Waals surface area contributed by atoms with E-state index in [0.717, 1.165) is 37.1 Å². The van der Waals surface area contributed by atoms with Gasteiger partial charge in [0.15, 0.2) is 0 Å². The molecule has 1 aromatic carbocycles. The summed E-state index contributed by atoms with van der Waals surface area (Å²) in [4.78, 5) is 14.3. The number of rotatable bonds is 4. The zero-order chi connectivity index (χ0) is 14.5. The summed E-state index contributed by atoms with van der Waals surface area (Å²) in [7, 11) is 1.67. The van der Waals surface area contributed by atoms with Crippen molar-refractivity contribution in [3.05, 3.63) is 35.4 Å². The van der Waals surface area contributed by atoms with Gasteiger partial charge in [-0.05, 0) is 43.4 Å². The van der Waals surface area contributed by atoms with Gasteiger partial charge in [-0.2, -0.15) is 0 Å². The lowest BCUT2D eigenvalue weighted by Crippen LogP contribution is -2.42. The van der Waals surface area contributed by atoms with Crippen molar-refractivity contribution in [3.8, 4) is 0 Å². The molecule has 4 nitrogen and oxygen atoms in total. The van der Waals surface area contributed by atoms with E-state index in [-0.39, 0.29) is 11.9 Å². The first-order valence-corrected chi connectivity index (χ1v) is 7.24. The highest BCUT2D eigenvalue weighted by Crippen LogP contribution is 2.21. The van der Waals surface area contributed by atoms with Crippen molar-refractivity contribution < 1.29 is 9.53 Å². The quantitative estimate of drug-likeness (QED) is 0.915. The monoisotopic (exact) mass is 276 g/mol. The van der Waals surface area contributed by atoms with Crippen molar-refractivity contribution >= 4 is 5.91 Å². The van der Waals surface area contributed by atoms with Crippen LogP contribution in [0.25, 0.3) is 0 Å². The van der Waals surface area contributed by atoms with Gasteiger partial charge in [0.25, 0.3) is 5.91 Å². The molecule has 1 fully saturated rings. The van der Waals surface area contributed by atoms with Gasteiger partial charge in [0.05, 0.1) is 6.61 Å². The Morgan fingerprint density at radius 3 is 2.45 bits per heavy atom. The van der Waals surface area contributed by atoms with Crippen LogP contribution in [0.15, 0.2) is 24.3 Å². The van der Waals surface area contributed by atoms with Crippen LogP contribution in [0.3, 0.4) is 0 Å². The van der Waals surface area contributed by atoms with E-state index in [1.807, 2.05) is 29.2 Å². The molecule has 0 aromatic heterocycles. The average Bonchev–Trinajstić information content (AvgIpc) is 2.48. The van der Waals surface area contributed by atoms with Crippen LogP contribution in [-0.4, -0.2) is 37.0 Å². The van der Waals surface area contributed by atoms with Crippen molar-refractivity contribution in [1.82, 2.24) is 4.90 Å². The van der Waals surface area contributed by atoms with E-state index in [2.05, 4.69) is 6.92 Å². The molecule has 1 unspecified atom stereocenters. The zero-order valence-corrected chi connectivity index (χ0v) is 12.3. The van der Waals surface area contributed by atoms with Crippen molar-refractivity contribution in [2.45, 2.75) is 32.4 Å². The van der Waals surface area contributed by atoms with Crippen LogP contribution in [0.1, 0.15) is 35.7 Å². The third kappa shape index (κ3) is 3.58. The standard InChI is InChI=1S/C16H24N2O2/c1-12(17)14-7-9-18(10-8-14)16(19)15-5-3-13(4-6-15)11-20-2/h3-6,12,14H,7-11,17H2,1-2H3. The first kappa shape index (κ1) is 15.0. The summed E-state index contributed by atoms with van der Waals surface area (Å²) in [6.07, 6.45) is 2.01. The van der Waals surface area contributed by atoms with Gasteiger partial charge in [-0.25, -0.2) is 0 Å². The average molecular weight is 276 g/mol. The predicted molar refractivity (Wildman–Crippen MR) is 79.4 cm³/mol. The molecule has 20 heavy (non-hydrogen) atoms. The Kier molecular flexibility index (Phi) is 5.15. The molecule has 1 amide bonds. The molecule has 4 heteroatoms. The summed E-state index contributed by atoms with van der Waals surface area (Å²) in [5.74, 6) is 0.667. The zero-order valence-electron chi connectivity index (χ0n) is 12.3. The summed E-state index contributed by atoms with van der Waals surface area (Å²) in [6, 6.07) is 7.89. The van der Waals surface area contributed by atoms with Gasteiger partial charge in [-0.15, -0.1) is 0 Å². The lowest BCUT2D eigenvalue weighted by Gasteiger charge is -2.33. The lowest BCUT2D eigenvalue weighted by molar-refractivity contribution is 0.0681. The maximum atomic E-state index is 12.4. The summed E-state index contributed by atoms with van der Waals surface area (Å²) in [5, 5.41) is 0. The number of methoxy groups -OCH3 is 1. The van der Waals surface area contributed by atoms with Crippen LogP contribution >= 0.6 is 0 Å². The number of hydrogen-bond acceptors (Lipinski definition) is 3. The Hall–Kier alpha value is -1.39. The van der Waals surface area contributed by atoms with E-state index in [0.29, 0.717) is 12.5 Å². The van der Waals surface area contributed by atoms with E-state index in [4.69, 9.17) is 10.5 Å². The molecule has 1 saturated heterocycles. The van der Waals surface area contributed by atoms with Gasteiger partial charge >= 0.3 is 0 Å². The highest BCUT2D eigenvalue weighted by molar-refractivity contribution is 5.94. The second-order valence-corrected chi connectivity index (χ2v) is 5.62. The second kappa shape index (κ2) is 6.86. The topological polar surface area (TPSA) is 55.6 Å². The third-order valence-corrected chi connectivity index (χ3v) is 4.08. The fourth-order valence-electron chi connectivity index (χ4n) is 2.72. The summed E-state index contributed by atoms with van der Waals surface area (Å²) >= 11 is 0. The first-order chi connectivity index (χ1) is 9.61. The maximum Gasteiger partial charge on any atom is 0.253 e. The fourth-order valence-corrected chi connectivity index (χ4v) is 2.72. The molecule has 0 spiro atoms. The molecule has 1 aromatic rings. The number of amides is 1. The van der Waals surface area contributed by atoms with Gasteiger partial charge in [-0.3, -0.25) is 4.79 Å². The molecule has 1 atom stereocenters. The van der Waals surface area contributed by atoms with Crippen LogP contribution in [0.4, 0.5) is 0 Å². The minimum absolute atomic E-state index is 0.122. The number of hydrogen-bond donors (Lipinski definition) is 1. The Labute approximate surface area is 120 Å². The summed E-state index contributed by atoms with van der Waals surface area (Å²) in [6.45, 7) is 4.25. The van der Waals surface area contributed by atoms with Crippen molar-refractivity contribution in [1.29, 1.82) is 0 Å². The highest BCUT2D eigenvalue weighted by atomic mass is 16.5. The van der Waals surface area contributed by atoms with E-state index < -0.39 is 0 Å². The van der Waals surface area contributed by atoms with E-state index in [1.54, 1.807) is 7.11 Å². The van der Waals surface area contributed by atoms with Gasteiger partial charge in [-0.1, -0.05) is 12.1 Å². The largest absolute Gasteiger partial charge is 0.380 e. The normalized spacial score (nSPS) is 18.1. The first-order valence-electron chi connectivity index (χ1n) is 7.24. The summed E-state index contributed by atoms with van der Waals surface area (Å²) < 4.78 is 5.07. The molecule has 2 N–H and O–H groups in total. The van der Waals surface area contributed by atoms with Crippen LogP contribution in [0.2, 0.25) is 0 Å². The summed E-state index contributed by atoms with van der Waals surface area (Å²) in [5.41, 5.74) is 7.77. The number of carbonyl (C=O) groups is 1. The van der Waals surface area contributed by atoms with E-state index in [9.17, 15) is 4.79 Å². The minimum atomic E-state index is 0.122. The maximum absolute atomic E-state index is 12.4. The van der Waals surface area contributed by atoms with Crippen molar-refractivity contribution in [2.75, 3.05) is 20.2 Å². The number of ether oxygens (including phenoxy) is 1. The molecule has 0 radical (unpaired) electrons. The van der Waals surface area contributed by atoms with Crippen LogP contribution < -0.4 is 5.73 Å². The van der Waals surface area contributed by atoms with Crippen molar-refractivity contribution in [2.24, 2.45) is 11.7 Å². The minimum Gasteiger partial charge on any atom is -0.380 e. The van der Waals surface area contributed by atoms with Gasteiger partial charge in [0.1, 0.15) is 0 Å². The Balaban J connectivity index is 1.94. The Morgan fingerprint density at radius 2 is 1.95 bits per heavy atom. The smallest absolute Gasteiger partial charge is 0.253 e. The molecule has 0 aliphatic carbocycles. The molecular formula is C16H24N2O2. The van der Waals surface area contributed by atoms with Gasteiger partial charge in [0.2, 0.25) is 0 Å². The molecule has 110 valence electrons. The Morgan fingerprint density at radius 1 is 1.35 bits per heavy atom. The Bertz CT molecular complexity index is 434. The van der Waals surface area contributed by atoms with Crippen LogP contribution in [-0.2, 0) is 11.3 Å². The molecule has 0 saturated carbocycles. The van der Waals surface area contributed by atoms with Crippen molar-refractivity contribution in [3.63, 3.8) is 0 Å². The number of nitrogens with two attached hydrogens (primary N) is 1. The van der Waals surface area contributed by atoms with Crippen LogP contribution in [0.5, 0.6) is 0 Å². The molecule has 2 rings (SSSR count). The second-order valence-electron chi connectivity index (χ2n) is 5.62. The molecular weight excluding hydrogens is 252 g/mol. The molecule has 1 heterocycles. The fraction of sp³-hybridized carbons (Fsp3) is 0.562. The lowest BCUT2D eigenvalue weighted by atomic mass is 9.90. The molecule has 1 aliphatic heterocycles. The van der Waals surface area contributed by atoms with Gasteiger partial charge < -0.3 is 15.4 Å². The molecule has 0 bridgehead atoms. The third-order valence-electron chi connectivity index (χ3n) is 4.08. The number of likely N-dealkylation sites (tertiary alicyclic amines) is 1. The van der Waals surface area contributed by atoms with Gasteiger partial charge in [0, 0.05) is 31.8 Å². The number of nitrogens with zero attached hydrogens (tertiary/aromatic N) is 1. The number of benzene rings is 1. The highest BCUT2D eigenvalue weighted by Gasteiger charge is 2.25. The SMILES string of the molecule is COCc1ccc(C(=O)N2CCC(C(C)N)CC2)cc1. The number of piperidine rings is 1. The van der Waals surface area contributed by atoms with E-state index >= 15 is 0 Å².